The van der Waals surface area contributed by atoms with E-state index in [2.05, 4.69) is 0 Å². The molecule has 0 aromatic heterocycles. The fourth-order valence-corrected chi connectivity index (χ4v) is 2.93. The highest BCUT2D eigenvalue weighted by Crippen LogP contribution is 2.31. The van der Waals surface area contributed by atoms with Gasteiger partial charge in [-0.1, -0.05) is 23.2 Å². The van der Waals surface area contributed by atoms with Crippen LogP contribution in [0.2, 0.25) is 10.0 Å². The van der Waals surface area contributed by atoms with E-state index in [4.69, 9.17) is 27.9 Å². The van der Waals surface area contributed by atoms with Crippen LogP contribution in [0.4, 0.5) is 11.4 Å². The van der Waals surface area contributed by atoms with E-state index in [1.54, 1.807) is 32.0 Å². The lowest BCUT2D eigenvalue weighted by molar-refractivity contribution is -0.384. The van der Waals surface area contributed by atoms with Crippen LogP contribution < -0.4 is 9.64 Å². The summed E-state index contributed by atoms with van der Waals surface area (Å²) < 4.78 is 5.78. The average molecular weight is 397 g/mol. The molecule has 1 amide bonds. The molecule has 0 aliphatic heterocycles. The van der Waals surface area contributed by atoms with Crippen molar-refractivity contribution >= 4 is 40.5 Å². The van der Waals surface area contributed by atoms with Gasteiger partial charge in [0, 0.05) is 23.7 Å². The van der Waals surface area contributed by atoms with Gasteiger partial charge in [0.05, 0.1) is 15.6 Å². The summed E-state index contributed by atoms with van der Waals surface area (Å²) in [6.45, 7) is 5.46. The second-order valence-corrected chi connectivity index (χ2v) is 6.85. The molecule has 0 atom stereocenters. The number of amides is 1. The molecule has 2 rings (SSSR count). The summed E-state index contributed by atoms with van der Waals surface area (Å²) >= 11 is 12.1. The van der Waals surface area contributed by atoms with Crippen LogP contribution in [0, 0.1) is 10.1 Å². The third kappa shape index (κ3) is 4.45. The van der Waals surface area contributed by atoms with Crippen LogP contribution in [0.3, 0.4) is 0 Å². The van der Waals surface area contributed by atoms with Crippen molar-refractivity contribution in [1.29, 1.82) is 0 Å². The Bertz CT molecular complexity index is 822. The number of hydrogen-bond acceptors (Lipinski definition) is 4. The molecule has 26 heavy (non-hydrogen) atoms. The number of nitro groups is 1. The van der Waals surface area contributed by atoms with Gasteiger partial charge in [-0.2, -0.15) is 0 Å². The van der Waals surface area contributed by atoms with Crippen LogP contribution in [0.5, 0.6) is 5.75 Å². The topological polar surface area (TPSA) is 72.7 Å². The molecule has 138 valence electrons. The SMILES string of the molecule is CCN(C(=O)C(C)(C)Oc1ccc([N+](=O)[O-])cc1)c1ccc(Cl)cc1Cl. The van der Waals surface area contributed by atoms with Crippen molar-refractivity contribution in [3.8, 4) is 5.75 Å². The number of nitrogens with zero attached hydrogens (tertiary/aromatic N) is 2. The number of halogens is 2. The Labute approximate surface area is 161 Å². The lowest BCUT2D eigenvalue weighted by Gasteiger charge is -2.32. The molecule has 0 aliphatic rings. The van der Waals surface area contributed by atoms with E-state index in [1.807, 2.05) is 6.92 Å². The van der Waals surface area contributed by atoms with Crippen LogP contribution in [-0.2, 0) is 4.79 Å². The average Bonchev–Trinajstić information content (AvgIpc) is 2.57. The zero-order chi connectivity index (χ0) is 19.5. The maximum Gasteiger partial charge on any atom is 0.270 e. The Morgan fingerprint density at radius 2 is 1.81 bits per heavy atom. The summed E-state index contributed by atoms with van der Waals surface area (Å²) in [4.78, 5) is 24.7. The van der Waals surface area contributed by atoms with Crippen LogP contribution in [0.1, 0.15) is 20.8 Å². The second kappa shape index (κ2) is 7.93. The molecular weight excluding hydrogens is 379 g/mol. The first-order chi connectivity index (χ1) is 12.2. The Kier molecular flexibility index (Phi) is 6.10. The van der Waals surface area contributed by atoms with E-state index in [1.165, 1.54) is 29.2 Å². The van der Waals surface area contributed by atoms with Crippen molar-refractivity contribution in [3.63, 3.8) is 0 Å². The molecule has 8 heteroatoms. The van der Waals surface area contributed by atoms with E-state index in [0.717, 1.165) is 0 Å². The first-order valence-corrected chi connectivity index (χ1v) is 8.61. The summed E-state index contributed by atoms with van der Waals surface area (Å²) in [5, 5.41) is 11.6. The van der Waals surface area contributed by atoms with Crippen LogP contribution in [0.15, 0.2) is 42.5 Å². The highest BCUT2D eigenvalue weighted by molar-refractivity contribution is 6.36. The van der Waals surface area contributed by atoms with Crippen molar-refractivity contribution in [1.82, 2.24) is 0 Å². The Morgan fingerprint density at radius 1 is 1.19 bits per heavy atom. The predicted molar refractivity (Wildman–Crippen MR) is 102 cm³/mol. The molecule has 6 nitrogen and oxygen atoms in total. The highest BCUT2D eigenvalue weighted by atomic mass is 35.5. The standard InChI is InChI=1S/C18H18Cl2N2O4/c1-4-21(16-10-5-12(19)11-15(16)20)17(23)18(2,3)26-14-8-6-13(7-9-14)22(24)25/h5-11H,4H2,1-3H3. The molecule has 0 bridgehead atoms. The molecular formula is C18H18Cl2N2O4. The minimum Gasteiger partial charge on any atom is -0.478 e. The number of benzene rings is 2. The van der Waals surface area contributed by atoms with E-state index >= 15 is 0 Å². The van der Waals surface area contributed by atoms with Crippen molar-refractivity contribution < 1.29 is 14.5 Å². The Balaban J connectivity index is 2.25. The molecule has 0 radical (unpaired) electrons. The number of anilines is 1. The molecule has 0 saturated heterocycles. The van der Waals surface area contributed by atoms with Gasteiger partial charge in [-0.05, 0) is 51.1 Å². The van der Waals surface area contributed by atoms with Gasteiger partial charge in [-0.15, -0.1) is 0 Å². The minimum atomic E-state index is -1.21. The summed E-state index contributed by atoms with van der Waals surface area (Å²) in [6, 6.07) is 10.5. The predicted octanol–water partition coefficient (Wildman–Crippen LogP) is 5.11. The van der Waals surface area contributed by atoms with Crippen LogP contribution >= 0.6 is 23.2 Å². The van der Waals surface area contributed by atoms with E-state index < -0.39 is 10.5 Å². The summed E-state index contributed by atoms with van der Waals surface area (Å²) in [5.41, 5.74) is -0.733. The molecule has 0 aliphatic carbocycles. The van der Waals surface area contributed by atoms with Gasteiger partial charge in [-0.3, -0.25) is 14.9 Å². The van der Waals surface area contributed by atoms with Crippen molar-refractivity contribution in [3.05, 3.63) is 62.6 Å². The first-order valence-electron chi connectivity index (χ1n) is 7.86. The summed E-state index contributed by atoms with van der Waals surface area (Å²) in [5.74, 6) is 0.0507. The molecule has 0 heterocycles. The molecule has 0 N–H and O–H groups in total. The minimum absolute atomic E-state index is 0.0513. The largest absolute Gasteiger partial charge is 0.478 e. The van der Waals surface area contributed by atoms with Gasteiger partial charge in [0.15, 0.2) is 5.60 Å². The number of carbonyl (C=O) groups excluding carboxylic acids is 1. The first kappa shape index (κ1) is 20.0. The fraction of sp³-hybridized carbons (Fsp3) is 0.278. The van der Waals surface area contributed by atoms with Gasteiger partial charge in [0.1, 0.15) is 5.75 Å². The number of nitro benzene ring substituents is 1. The maximum absolute atomic E-state index is 13.0. The number of rotatable bonds is 6. The highest BCUT2D eigenvalue weighted by Gasteiger charge is 2.35. The monoisotopic (exact) mass is 396 g/mol. The Morgan fingerprint density at radius 3 is 2.31 bits per heavy atom. The zero-order valence-electron chi connectivity index (χ0n) is 14.5. The summed E-state index contributed by atoms with van der Waals surface area (Å²) in [7, 11) is 0. The molecule has 0 spiro atoms. The number of hydrogen-bond donors (Lipinski definition) is 0. The maximum atomic E-state index is 13.0. The molecule has 0 fully saturated rings. The van der Waals surface area contributed by atoms with Gasteiger partial charge < -0.3 is 9.64 Å². The molecule has 0 saturated carbocycles. The van der Waals surface area contributed by atoms with E-state index in [-0.39, 0.29) is 11.6 Å². The third-order valence-corrected chi connectivity index (χ3v) is 4.24. The molecule has 2 aromatic rings. The second-order valence-electron chi connectivity index (χ2n) is 6.01. The molecule has 0 unspecified atom stereocenters. The lowest BCUT2D eigenvalue weighted by Crippen LogP contribution is -2.49. The third-order valence-electron chi connectivity index (χ3n) is 3.70. The van der Waals surface area contributed by atoms with Gasteiger partial charge in [-0.25, -0.2) is 0 Å². The van der Waals surface area contributed by atoms with E-state index in [9.17, 15) is 14.9 Å². The number of ether oxygens (including phenoxy) is 1. The van der Waals surface area contributed by atoms with E-state index in [0.29, 0.717) is 28.0 Å². The zero-order valence-corrected chi connectivity index (χ0v) is 16.0. The quantitative estimate of drug-likeness (QED) is 0.502. The van der Waals surface area contributed by atoms with Gasteiger partial charge in [0.25, 0.3) is 11.6 Å². The Hall–Kier alpha value is -2.31. The van der Waals surface area contributed by atoms with Crippen LogP contribution in [-0.4, -0.2) is 23.0 Å². The number of non-ortho nitro benzene ring substituents is 1. The number of likely N-dealkylation sites (N-methyl/N-ethyl adjacent to an activating group) is 1. The van der Waals surface area contributed by atoms with Gasteiger partial charge in [0.2, 0.25) is 0 Å². The van der Waals surface area contributed by atoms with Crippen LogP contribution in [0.25, 0.3) is 0 Å². The smallest absolute Gasteiger partial charge is 0.270 e. The normalized spacial score (nSPS) is 11.1. The van der Waals surface area contributed by atoms with Crippen molar-refractivity contribution in [2.75, 3.05) is 11.4 Å². The van der Waals surface area contributed by atoms with Gasteiger partial charge >= 0.3 is 0 Å². The van der Waals surface area contributed by atoms with Crippen molar-refractivity contribution in [2.45, 2.75) is 26.4 Å². The van der Waals surface area contributed by atoms with Crippen molar-refractivity contribution in [2.24, 2.45) is 0 Å². The molecule has 2 aromatic carbocycles. The lowest BCUT2D eigenvalue weighted by atomic mass is 10.1. The summed E-state index contributed by atoms with van der Waals surface area (Å²) in [6.07, 6.45) is 0. The fourth-order valence-electron chi connectivity index (χ4n) is 2.42. The number of carbonyl (C=O) groups is 1.